The SMILES string of the molecule is Cc1cc(C)c(Oc2ncc(-c3ccccc3)cc2C(=O)O)c(C)c1.Cc1cc(C)c(Oc2ncc(Br)cc2C(=O)O)c(C)c1. The number of hydrogen-bond acceptors (Lipinski definition) is 6. The van der Waals surface area contributed by atoms with Gasteiger partial charge in [0.25, 0.3) is 0 Å². The molecule has 0 atom stereocenters. The van der Waals surface area contributed by atoms with Crippen LogP contribution in [0, 0.1) is 41.5 Å². The van der Waals surface area contributed by atoms with E-state index in [0.717, 1.165) is 44.5 Å². The fourth-order valence-corrected chi connectivity index (χ4v) is 5.32. The van der Waals surface area contributed by atoms with Gasteiger partial charge in [-0.2, -0.15) is 0 Å². The van der Waals surface area contributed by atoms with Crippen LogP contribution in [0.4, 0.5) is 0 Å². The maximum absolute atomic E-state index is 11.7. The molecule has 0 amide bonds. The maximum Gasteiger partial charge on any atom is 0.341 e. The Kier molecular flexibility index (Phi) is 10.4. The normalized spacial score (nSPS) is 10.5. The fraction of sp³-hybridized carbons (Fsp3) is 0.167. The van der Waals surface area contributed by atoms with Crippen molar-refractivity contribution in [1.29, 1.82) is 0 Å². The minimum absolute atomic E-state index is 0.0266. The standard InChI is InChI=1S/C21H19NO3.C15H14BrNO3/c1-13-9-14(2)19(15(3)10-13)25-20-18(21(23)24)11-17(12-22-20)16-7-5-4-6-8-16;1-8-4-9(2)13(10(3)5-8)20-14-12(15(18)19)6-11(16)7-17-14/h4-12H,1-3H3,(H,23,24);4-7H,1-3H3,(H,18,19). The number of benzene rings is 3. The molecule has 2 aromatic heterocycles. The Hall–Kier alpha value is -5.02. The maximum atomic E-state index is 11.7. The Morgan fingerprint density at radius 3 is 1.47 bits per heavy atom. The summed E-state index contributed by atoms with van der Waals surface area (Å²) in [6.45, 7) is 11.7. The van der Waals surface area contributed by atoms with Crippen LogP contribution in [-0.4, -0.2) is 32.1 Å². The predicted molar refractivity (Wildman–Crippen MR) is 177 cm³/mol. The molecule has 0 aliphatic rings. The van der Waals surface area contributed by atoms with Crippen LogP contribution in [0.3, 0.4) is 0 Å². The molecule has 230 valence electrons. The summed E-state index contributed by atoms with van der Waals surface area (Å²) in [6, 6.07) is 20.6. The van der Waals surface area contributed by atoms with Gasteiger partial charge in [0.1, 0.15) is 22.6 Å². The van der Waals surface area contributed by atoms with Gasteiger partial charge in [0, 0.05) is 22.4 Å². The Labute approximate surface area is 270 Å². The molecule has 3 aromatic carbocycles. The van der Waals surface area contributed by atoms with E-state index in [-0.39, 0.29) is 22.9 Å². The third-order valence-electron chi connectivity index (χ3n) is 6.84. The topological polar surface area (TPSA) is 119 Å². The highest BCUT2D eigenvalue weighted by Crippen LogP contribution is 2.33. The van der Waals surface area contributed by atoms with Gasteiger partial charge in [0.2, 0.25) is 11.8 Å². The first-order valence-corrected chi connectivity index (χ1v) is 14.8. The molecule has 0 aliphatic heterocycles. The number of nitrogens with zero attached hydrogens (tertiary/aromatic N) is 2. The minimum Gasteiger partial charge on any atom is -0.477 e. The summed E-state index contributed by atoms with van der Waals surface area (Å²) in [5.41, 5.74) is 7.77. The Morgan fingerprint density at radius 2 is 1.02 bits per heavy atom. The Bertz CT molecular complexity index is 1840. The van der Waals surface area contributed by atoms with Crippen LogP contribution in [0.25, 0.3) is 11.1 Å². The van der Waals surface area contributed by atoms with Gasteiger partial charge in [-0.15, -0.1) is 0 Å². The van der Waals surface area contributed by atoms with Gasteiger partial charge in [-0.1, -0.05) is 65.7 Å². The summed E-state index contributed by atoms with van der Waals surface area (Å²) in [7, 11) is 0. The first-order chi connectivity index (χ1) is 21.3. The molecule has 0 fully saturated rings. The molecule has 2 heterocycles. The number of carbonyl (C=O) groups is 2. The lowest BCUT2D eigenvalue weighted by Crippen LogP contribution is -2.04. The Balaban J connectivity index is 0.000000210. The first kappa shape index (κ1) is 32.9. The molecule has 8 nitrogen and oxygen atoms in total. The number of carboxylic acid groups (broad SMARTS) is 2. The summed E-state index contributed by atoms with van der Waals surface area (Å²) >= 11 is 3.21. The molecule has 5 aromatic rings. The molecule has 9 heteroatoms. The lowest BCUT2D eigenvalue weighted by atomic mass is 10.1. The van der Waals surface area contributed by atoms with Crippen LogP contribution in [0.1, 0.15) is 54.1 Å². The highest BCUT2D eigenvalue weighted by atomic mass is 79.9. The molecule has 5 rings (SSSR count). The zero-order chi connectivity index (χ0) is 32.8. The van der Waals surface area contributed by atoms with E-state index in [1.54, 1.807) is 12.3 Å². The van der Waals surface area contributed by atoms with E-state index < -0.39 is 11.9 Å². The lowest BCUT2D eigenvalue weighted by molar-refractivity contribution is 0.0682. The molecule has 0 saturated heterocycles. The van der Waals surface area contributed by atoms with Gasteiger partial charge in [0.05, 0.1) is 0 Å². The second-order valence-electron chi connectivity index (χ2n) is 10.7. The van der Waals surface area contributed by atoms with Gasteiger partial charge in [-0.25, -0.2) is 19.6 Å². The molecule has 0 saturated carbocycles. The van der Waals surface area contributed by atoms with E-state index in [1.807, 2.05) is 96.1 Å². The molecule has 0 aliphatic carbocycles. The fourth-order valence-electron chi connectivity index (χ4n) is 4.99. The molecular formula is C36H33BrN2O6. The molecule has 0 radical (unpaired) electrons. The van der Waals surface area contributed by atoms with Gasteiger partial charge in [-0.3, -0.25) is 0 Å². The van der Waals surface area contributed by atoms with Crippen molar-refractivity contribution in [1.82, 2.24) is 9.97 Å². The number of aromatic nitrogens is 2. The third-order valence-corrected chi connectivity index (χ3v) is 7.28. The van der Waals surface area contributed by atoms with Crippen molar-refractivity contribution >= 4 is 27.9 Å². The number of halogens is 1. The second kappa shape index (κ2) is 14.2. The number of carboxylic acids is 2. The van der Waals surface area contributed by atoms with Crippen molar-refractivity contribution in [3.8, 4) is 34.4 Å². The van der Waals surface area contributed by atoms with Crippen LogP contribution in [0.15, 0.2) is 83.6 Å². The number of aromatic carboxylic acids is 2. The largest absolute Gasteiger partial charge is 0.477 e. The van der Waals surface area contributed by atoms with Crippen molar-refractivity contribution in [3.63, 3.8) is 0 Å². The summed E-state index contributed by atoms with van der Waals surface area (Å²) < 4.78 is 12.2. The molecule has 45 heavy (non-hydrogen) atoms. The van der Waals surface area contributed by atoms with E-state index >= 15 is 0 Å². The zero-order valence-corrected chi connectivity index (χ0v) is 27.4. The summed E-state index contributed by atoms with van der Waals surface area (Å²) in [6.07, 6.45) is 3.15. The van der Waals surface area contributed by atoms with Gasteiger partial charge >= 0.3 is 11.9 Å². The molecule has 2 N–H and O–H groups in total. The van der Waals surface area contributed by atoms with Crippen molar-refractivity contribution in [3.05, 3.63) is 128 Å². The van der Waals surface area contributed by atoms with E-state index in [2.05, 4.69) is 25.9 Å². The monoisotopic (exact) mass is 668 g/mol. The summed E-state index contributed by atoms with van der Waals surface area (Å²) in [4.78, 5) is 31.3. The van der Waals surface area contributed by atoms with Crippen molar-refractivity contribution in [2.45, 2.75) is 41.5 Å². The third kappa shape index (κ3) is 8.13. The smallest absolute Gasteiger partial charge is 0.341 e. The number of aryl methyl sites for hydroxylation is 6. The zero-order valence-electron chi connectivity index (χ0n) is 25.8. The number of ether oxygens (including phenoxy) is 2. The van der Waals surface area contributed by atoms with Crippen LogP contribution in [-0.2, 0) is 0 Å². The molecular weight excluding hydrogens is 636 g/mol. The predicted octanol–water partition coefficient (Wildman–Crippen LogP) is 9.42. The van der Waals surface area contributed by atoms with Gasteiger partial charge in [0.15, 0.2) is 0 Å². The van der Waals surface area contributed by atoms with Crippen LogP contribution < -0.4 is 9.47 Å². The summed E-state index contributed by atoms with van der Waals surface area (Å²) in [5.74, 6) is -0.655. The average Bonchev–Trinajstić information content (AvgIpc) is 2.98. The minimum atomic E-state index is -1.07. The number of hydrogen-bond donors (Lipinski definition) is 2. The van der Waals surface area contributed by atoms with Crippen molar-refractivity contribution in [2.24, 2.45) is 0 Å². The van der Waals surface area contributed by atoms with E-state index in [4.69, 9.17) is 9.47 Å². The van der Waals surface area contributed by atoms with Crippen molar-refractivity contribution < 1.29 is 29.3 Å². The first-order valence-electron chi connectivity index (χ1n) is 14.0. The van der Waals surface area contributed by atoms with E-state index in [9.17, 15) is 19.8 Å². The quantitative estimate of drug-likeness (QED) is 0.176. The second-order valence-corrected chi connectivity index (χ2v) is 11.6. The average molecular weight is 670 g/mol. The van der Waals surface area contributed by atoms with Crippen molar-refractivity contribution in [2.75, 3.05) is 0 Å². The number of rotatable bonds is 7. The van der Waals surface area contributed by atoms with Gasteiger partial charge < -0.3 is 19.7 Å². The van der Waals surface area contributed by atoms with E-state index in [1.165, 1.54) is 12.3 Å². The summed E-state index contributed by atoms with van der Waals surface area (Å²) in [5, 5.41) is 18.8. The highest BCUT2D eigenvalue weighted by molar-refractivity contribution is 9.10. The van der Waals surface area contributed by atoms with E-state index in [0.29, 0.717) is 16.0 Å². The van der Waals surface area contributed by atoms with Crippen LogP contribution in [0.5, 0.6) is 23.3 Å². The van der Waals surface area contributed by atoms with Gasteiger partial charge in [-0.05, 0) is 97.4 Å². The lowest BCUT2D eigenvalue weighted by Gasteiger charge is -2.14. The number of pyridine rings is 2. The molecule has 0 bridgehead atoms. The molecule has 0 unspecified atom stereocenters. The Morgan fingerprint density at radius 1 is 0.600 bits per heavy atom. The molecule has 0 spiro atoms. The van der Waals surface area contributed by atoms with Crippen LogP contribution >= 0.6 is 15.9 Å². The highest BCUT2D eigenvalue weighted by Gasteiger charge is 2.18. The van der Waals surface area contributed by atoms with Crippen LogP contribution in [0.2, 0.25) is 0 Å².